The van der Waals surface area contributed by atoms with Crippen molar-refractivity contribution in [1.82, 2.24) is 4.98 Å². The Hall–Kier alpha value is -0.510. The lowest BCUT2D eigenvalue weighted by Gasteiger charge is -1.97. The quantitative estimate of drug-likeness (QED) is 0.500. The Balaban J connectivity index is 2.17. The second-order valence-corrected chi connectivity index (χ2v) is 4.58. The van der Waals surface area contributed by atoms with Gasteiger partial charge >= 0.3 is 0 Å². The van der Waals surface area contributed by atoms with Crippen molar-refractivity contribution in [3.8, 4) is 0 Å². The Bertz CT molecular complexity index is 405. The Morgan fingerprint density at radius 1 is 1.14 bits per heavy atom. The molecular formula is C12H14IN. The molecule has 1 nitrogen and oxygen atoms in total. The minimum Gasteiger partial charge on any atom is -0.361 e. The summed E-state index contributed by atoms with van der Waals surface area (Å²) in [6, 6.07) is 8.52. The third-order valence-corrected chi connectivity index (χ3v) is 3.27. The fourth-order valence-electron chi connectivity index (χ4n) is 1.75. The largest absolute Gasteiger partial charge is 0.361 e. The summed E-state index contributed by atoms with van der Waals surface area (Å²) >= 11 is 2.44. The highest BCUT2D eigenvalue weighted by Crippen LogP contribution is 2.19. The molecule has 1 N–H and O–H groups in total. The predicted octanol–water partition coefficient (Wildman–Crippen LogP) is 3.93. The second-order valence-electron chi connectivity index (χ2n) is 3.51. The molecule has 0 amide bonds. The van der Waals surface area contributed by atoms with Gasteiger partial charge in [-0.25, -0.2) is 0 Å². The summed E-state index contributed by atoms with van der Waals surface area (Å²) in [6.45, 7) is 0. The van der Waals surface area contributed by atoms with Crippen molar-refractivity contribution in [3.63, 3.8) is 0 Å². The van der Waals surface area contributed by atoms with E-state index in [4.69, 9.17) is 0 Å². The van der Waals surface area contributed by atoms with Crippen LogP contribution in [0.2, 0.25) is 0 Å². The lowest BCUT2D eigenvalue weighted by atomic mass is 10.1. The maximum atomic E-state index is 3.31. The summed E-state index contributed by atoms with van der Waals surface area (Å²) in [5, 5.41) is 1.39. The Kier molecular flexibility index (Phi) is 3.45. The summed E-state index contributed by atoms with van der Waals surface area (Å²) in [6.07, 6.45) is 5.97. The topological polar surface area (TPSA) is 15.8 Å². The van der Waals surface area contributed by atoms with Crippen molar-refractivity contribution in [2.24, 2.45) is 0 Å². The predicted molar refractivity (Wildman–Crippen MR) is 70.1 cm³/mol. The van der Waals surface area contributed by atoms with E-state index in [0.717, 1.165) is 0 Å². The van der Waals surface area contributed by atoms with Gasteiger partial charge in [0.25, 0.3) is 0 Å². The molecular weight excluding hydrogens is 285 g/mol. The van der Waals surface area contributed by atoms with Crippen LogP contribution in [-0.4, -0.2) is 9.41 Å². The van der Waals surface area contributed by atoms with Crippen molar-refractivity contribution < 1.29 is 0 Å². The lowest BCUT2D eigenvalue weighted by molar-refractivity contribution is 0.813. The molecule has 0 radical (unpaired) electrons. The highest BCUT2D eigenvalue weighted by atomic mass is 127. The molecule has 2 aromatic rings. The van der Waals surface area contributed by atoms with Gasteiger partial charge in [-0.2, -0.15) is 0 Å². The van der Waals surface area contributed by atoms with Gasteiger partial charge < -0.3 is 4.98 Å². The monoisotopic (exact) mass is 299 g/mol. The number of aromatic amines is 1. The van der Waals surface area contributed by atoms with Crippen LogP contribution in [0.5, 0.6) is 0 Å². The molecule has 74 valence electrons. The van der Waals surface area contributed by atoms with Gasteiger partial charge in [-0.1, -0.05) is 40.8 Å². The molecule has 0 saturated heterocycles. The highest BCUT2D eigenvalue weighted by molar-refractivity contribution is 14.1. The maximum Gasteiger partial charge on any atom is 0.0456 e. The van der Waals surface area contributed by atoms with Crippen LogP contribution in [0.15, 0.2) is 30.5 Å². The molecule has 0 fully saturated rings. The minimum absolute atomic E-state index is 1.20. The van der Waals surface area contributed by atoms with Gasteiger partial charge in [-0.3, -0.25) is 0 Å². The fourth-order valence-corrected chi connectivity index (χ4v) is 2.29. The third kappa shape index (κ3) is 2.11. The number of aryl methyl sites for hydroxylation is 1. The van der Waals surface area contributed by atoms with Crippen LogP contribution >= 0.6 is 22.6 Å². The normalized spacial score (nSPS) is 10.9. The molecule has 1 heterocycles. The van der Waals surface area contributed by atoms with Crippen molar-refractivity contribution in [3.05, 3.63) is 36.0 Å². The van der Waals surface area contributed by atoms with Gasteiger partial charge in [0.15, 0.2) is 0 Å². The number of H-pyrrole nitrogens is 1. The fraction of sp³-hybridized carbons (Fsp3) is 0.333. The highest BCUT2D eigenvalue weighted by Gasteiger charge is 2.01. The molecule has 0 aliphatic carbocycles. The maximum absolute atomic E-state index is 3.31. The molecule has 0 bridgehead atoms. The number of para-hydroxylation sites is 1. The lowest BCUT2D eigenvalue weighted by Crippen LogP contribution is -1.83. The average molecular weight is 299 g/mol. The van der Waals surface area contributed by atoms with Crippen molar-refractivity contribution in [2.75, 3.05) is 4.43 Å². The number of fused-ring (bicyclic) bond motifs is 1. The van der Waals surface area contributed by atoms with E-state index < -0.39 is 0 Å². The van der Waals surface area contributed by atoms with Crippen LogP contribution in [0.3, 0.4) is 0 Å². The van der Waals surface area contributed by atoms with Crippen LogP contribution in [0.25, 0.3) is 10.9 Å². The molecule has 0 saturated carbocycles. The van der Waals surface area contributed by atoms with Crippen molar-refractivity contribution >= 4 is 33.5 Å². The summed E-state index contributed by atoms with van der Waals surface area (Å²) in [5.41, 5.74) is 2.72. The van der Waals surface area contributed by atoms with Gasteiger partial charge in [0.05, 0.1) is 0 Å². The summed E-state index contributed by atoms with van der Waals surface area (Å²) in [7, 11) is 0. The number of alkyl halides is 1. The zero-order valence-electron chi connectivity index (χ0n) is 8.09. The first-order valence-corrected chi connectivity index (χ1v) is 6.55. The van der Waals surface area contributed by atoms with E-state index in [1.807, 2.05) is 0 Å². The molecule has 0 aliphatic rings. The van der Waals surface area contributed by atoms with E-state index in [-0.39, 0.29) is 0 Å². The number of aromatic nitrogens is 1. The van der Waals surface area contributed by atoms with E-state index in [0.29, 0.717) is 0 Å². The number of unbranched alkanes of at least 4 members (excludes halogenated alkanes) is 1. The number of rotatable bonds is 4. The van der Waals surface area contributed by atoms with Gasteiger partial charge in [0.1, 0.15) is 0 Å². The molecule has 1 aromatic heterocycles. The Labute approximate surface area is 98.0 Å². The van der Waals surface area contributed by atoms with Crippen LogP contribution < -0.4 is 0 Å². The van der Waals surface area contributed by atoms with Gasteiger partial charge in [0.2, 0.25) is 0 Å². The molecule has 0 spiro atoms. The van der Waals surface area contributed by atoms with E-state index in [1.165, 1.54) is 40.2 Å². The first-order chi connectivity index (χ1) is 6.92. The van der Waals surface area contributed by atoms with Crippen molar-refractivity contribution in [2.45, 2.75) is 19.3 Å². The Morgan fingerprint density at radius 2 is 2.00 bits per heavy atom. The number of hydrogen-bond donors (Lipinski definition) is 1. The third-order valence-electron chi connectivity index (χ3n) is 2.50. The zero-order valence-corrected chi connectivity index (χ0v) is 10.3. The zero-order chi connectivity index (χ0) is 9.80. The molecule has 2 heteroatoms. The van der Waals surface area contributed by atoms with Crippen LogP contribution in [0.1, 0.15) is 18.4 Å². The van der Waals surface area contributed by atoms with E-state index in [1.54, 1.807) is 0 Å². The number of benzene rings is 1. The standard InChI is InChI=1S/C12H14IN/c13-8-4-3-5-10-9-14-12-7-2-1-6-11(10)12/h1-2,6-7,9,14H,3-5,8H2. The smallest absolute Gasteiger partial charge is 0.0456 e. The summed E-state index contributed by atoms with van der Waals surface area (Å²) in [4.78, 5) is 3.31. The van der Waals surface area contributed by atoms with Gasteiger partial charge in [0, 0.05) is 17.1 Å². The van der Waals surface area contributed by atoms with E-state index in [9.17, 15) is 0 Å². The number of nitrogens with one attached hydrogen (secondary N) is 1. The molecule has 1 aromatic carbocycles. The van der Waals surface area contributed by atoms with Gasteiger partial charge in [-0.15, -0.1) is 0 Å². The molecule has 0 atom stereocenters. The van der Waals surface area contributed by atoms with Crippen LogP contribution in [0.4, 0.5) is 0 Å². The number of hydrogen-bond acceptors (Lipinski definition) is 0. The van der Waals surface area contributed by atoms with Gasteiger partial charge in [-0.05, 0) is 35.3 Å². The molecule has 2 rings (SSSR count). The molecule has 0 aliphatic heterocycles. The Morgan fingerprint density at radius 3 is 2.86 bits per heavy atom. The molecule has 0 unspecified atom stereocenters. The minimum atomic E-state index is 1.20. The van der Waals surface area contributed by atoms with Crippen molar-refractivity contribution in [1.29, 1.82) is 0 Å². The summed E-state index contributed by atoms with van der Waals surface area (Å²) < 4.78 is 1.26. The van der Waals surface area contributed by atoms with Crippen LogP contribution in [0, 0.1) is 0 Å². The second kappa shape index (κ2) is 4.82. The van der Waals surface area contributed by atoms with E-state index >= 15 is 0 Å². The summed E-state index contributed by atoms with van der Waals surface area (Å²) in [5.74, 6) is 0. The SMILES string of the molecule is ICCCCc1c[nH]c2ccccc12. The van der Waals surface area contributed by atoms with E-state index in [2.05, 4.69) is 58.0 Å². The van der Waals surface area contributed by atoms with Crippen LogP contribution in [-0.2, 0) is 6.42 Å². The molecule has 14 heavy (non-hydrogen) atoms. The number of halogens is 1. The average Bonchev–Trinajstić information content (AvgIpc) is 2.63. The first-order valence-electron chi connectivity index (χ1n) is 5.03. The first kappa shape index (κ1) is 10.0.